The van der Waals surface area contributed by atoms with Gasteiger partial charge in [-0.15, -0.1) is 0 Å². The second-order valence-corrected chi connectivity index (χ2v) is 4.40. The van der Waals surface area contributed by atoms with Crippen molar-refractivity contribution in [3.63, 3.8) is 0 Å². The van der Waals surface area contributed by atoms with Gasteiger partial charge in [0, 0.05) is 11.9 Å². The molecule has 0 atom stereocenters. The van der Waals surface area contributed by atoms with Crippen LogP contribution in [0.3, 0.4) is 0 Å². The molecule has 0 aliphatic heterocycles. The Hall–Kier alpha value is -1.59. The van der Waals surface area contributed by atoms with Crippen LogP contribution in [0.25, 0.3) is 0 Å². The number of hydrogen-bond donors (Lipinski definition) is 0. The molecule has 0 aromatic heterocycles. The molecule has 0 radical (unpaired) electrons. The first-order chi connectivity index (χ1) is 8.90. The third-order valence-electron chi connectivity index (χ3n) is 2.03. The molecular formula is C12H11Cl2NO4. The molecule has 0 amide bonds. The number of rotatable bonds is 5. The lowest BCUT2D eigenvalue weighted by molar-refractivity contribution is -0.146. The first-order valence-corrected chi connectivity index (χ1v) is 5.99. The van der Waals surface area contributed by atoms with Gasteiger partial charge in [-0.2, -0.15) is 0 Å². The van der Waals surface area contributed by atoms with Crippen LogP contribution in [0.2, 0.25) is 10.0 Å². The van der Waals surface area contributed by atoms with E-state index in [2.05, 4.69) is 9.99 Å². The van der Waals surface area contributed by atoms with E-state index in [9.17, 15) is 9.59 Å². The second kappa shape index (κ2) is 7.11. The molecule has 0 bridgehead atoms. The van der Waals surface area contributed by atoms with Crippen LogP contribution in [-0.2, 0) is 14.4 Å². The van der Waals surface area contributed by atoms with Crippen molar-refractivity contribution in [3.8, 4) is 5.75 Å². The highest BCUT2D eigenvalue weighted by molar-refractivity contribution is 6.37. The van der Waals surface area contributed by atoms with Gasteiger partial charge < -0.3 is 9.57 Å². The Morgan fingerprint density at radius 1 is 1.26 bits per heavy atom. The minimum absolute atomic E-state index is 0.0953. The Labute approximate surface area is 120 Å². The van der Waals surface area contributed by atoms with E-state index in [0.29, 0.717) is 10.8 Å². The van der Waals surface area contributed by atoms with E-state index in [0.717, 1.165) is 0 Å². The molecular weight excluding hydrogens is 293 g/mol. The van der Waals surface area contributed by atoms with Gasteiger partial charge in [-0.25, -0.2) is 4.79 Å². The summed E-state index contributed by atoms with van der Waals surface area (Å²) in [5.74, 6) is -0.726. The summed E-state index contributed by atoms with van der Waals surface area (Å²) in [5.41, 5.74) is 0.0953. The number of ketones is 1. The molecule has 102 valence electrons. The van der Waals surface area contributed by atoms with Gasteiger partial charge in [0.1, 0.15) is 11.5 Å². The number of hydrogen-bond acceptors (Lipinski definition) is 5. The molecule has 7 heteroatoms. The highest BCUT2D eigenvalue weighted by Crippen LogP contribution is 2.27. The summed E-state index contributed by atoms with van der Waals surface area (Å²) < 4.78 is 5.13. The summed E-state index contributed by atoms with van der Waals surface area (Å²) in [4.78, 5) is 26.6. The van der Waals surface area contributed by atoms with E-state index < -0.39 is 5.97 Å². The predicted molar refractivity (Wildman–Crippen MR) is 71.8 cm³/mol. The highest BCUT2D eigenvalue weighted by atomic mass is 35.5. The van der Waals surface area contributed by atoms with Crippen LogP contribution in [-0.4, -0.2) is 24.1 Å². The number of nitrogens with zero attached hydrogens (tertiary/aromatic N) is 1. The van der Waals surface area contributed by atoms with Gasteiger partial charge in [0.05, 0.1) is 5.02 Å². The Morgan fingerprint density at radius 3 is 2.53 bits per heavy atom. The number of ether oxygens (including phenoxy) is 1. The monoisotopic (exact) mass is 303 g/mol. The lowest BCUT2D eigenvalue weighted by Crippen LogP contribution is -2.14. The first-order valence-electron chi connectivity index (χ1n) is 5.23. The van der Waals surface area contributed by atoms with E-state index >= 15 is 0 Å². The zero-order chi connectivity index (χ0) is 14.4. The molecule has 0 aliphatic rings. The molecule has 0 saturated carbocycles. The number of oxime groups is 1. The smallest absolute Gasteiger partial charge is 0.372 e. The van der Waals surface area contributed by atoms with Crippen molar-refractivity contribution < 1.29 is 19.2 Å². The van der Waals surface area contributed by atoms with E-state index in [1.165, 1.54) is 26.0 Å². The van der Waals surface area contributed by atoms with Crippen LogP contribution in [0.1, 0.15) is 13.8 Å². The number of halogens is 2. The Balaban J connectivity index is 2.51. The Morgan fingerprint density at radius 2 is 1.95 bits per heavy atom. The predicted octanol–water partition coefficient (Wildman–Crippen LogP) is 2.88. The summed E-state index contributed by atoms with van der Waals surface area (Å²) in [6.45, 7) is 2.37. The maximum Gasteiger partial charge on any atom is 0.372 e. The minimum Gasteiger partial charge on any atom is -0.480 e. The minimum atomic E-state index is -0.744. The number of carbonyl (C=O) groups excluding carboxylic acids is 2. The third kappa shape index (κ3) is 5.28. The lowest BCUT2D eigenvalue weighted by atomic mass is 10.3. The van der Waals surface area contributed by atoms with Crippen molar-refractivity contribution in [2.75, 3.05) is 6.61 Å². The fraction of sp³-hybridized carbons (Fsp3) is 0.250. The average Bonchev–Trinajstić information content (AvgIpc) is 2.34. The van der Waals surface area contributed by atoms with E-state index in [1.54, 1.807) is 6.07 Å². The lowest BCUT2D eigenvalue weighted by Gasteiger charge is -2.06. The normalized spacial score (nSPS) is 11.1. The first kappa shape index (κ1) is 15.5. The van der Waals surface area contributed by atoms with E-state index in [4.69, 9.17) is 27.9 Å². The van der Waals surface area contributed by atoms with Crippen LogP contribution in [0.5, 0.6) is 5.75 Å². The molecule has 1 aromatic rings. The van der Waals surface area contributed by atoms with Crippen LogP contribution >= 0.6 is 23.2 Å². The Kier molecular flexibility index (Phi) is 5.79. The molecule has 0 unspecified atom stereocenters. The number of carbonyl (C=O) groups is 2. The van der Waals surface area contributed by atoms with Crippen molar-refractivity contribution in [2.45, 2.75) is 13.8 Å². The molecule has 0 spiro atoms. The maximum absolute atomic E-state index is 11.3. The van der Waals surface area contributed by atoms with Crippen molar-refractivity contribution >= 4 is 40.7 Å². The van der Waals surface area contributed by atoms with Gasteiger partial charge >= 0.3 is 5.97 Å². The van der Waals surface area contributed by atoms with Gasteiger partial charge in [-0.1, -0.05) is 28.4 Å². The zero-order valence-electron chi connectivity index (χ0n) is 10.3. The molecule has 0 saturated heterocycles. The zero-order valence-corrected chi connectivity index (χ0v) is 11.8. The molecule has 19 heavy (non-hydrogen) atoms. The number of benzene rings is 1. The van der Waals surface area contributed by atoms with E-state index in [1.807, 2.05) is 0 Å². The van der Waals surface area contributed by atoms with Crippen molar-refractivity contribution in [1.29, 1.82) is 0 Å². The molecule has 0 heterocycles. The fourth-order valence-electron chi connectivity index (χ4n) is 0.939. The van der Waals surface area contributed by atoms with Gasteiger partial charge in [0.15, 0.2) is 12.4 Å². The van der Waals surface area contributed by atoms with E-state index in [-0.39, 0.29) is 23.1 Å². The van der Waals surface area contributed by atoms with Crippen molar-refractivity contribution in [1.82, 2.24) is 0 Å². The molecule has 1 rings (SSSR count). The highest BCUT2D eigenvalue weighted by Gasteiger charge is 2.08. The van der Waals surface area contributed by atoms with Crippen molar-refractivity contribution in [3.05, 3.63) is 28.2 Å². The van der Waals surface area contributed by atoms with Crippen LogP contribution < -0.4 is 4.74 Å². The van der Waals surface area contributed by atoms with Crippen LogP contribution in [0, 0.1) is 0 Å². The quantitative estimate of drug-likeness (QED) is 0.476. The Bertz CT molecular complexity index is 528. The van der Waals surface area contributed by atoms with Gasteiger partial charge in [0.25, 0.3) is 0 Å². The summed E-state index contributed by atoms with van der Waals surface area (Å²) in [6.07, 6.45) is 0. The molecule has 0 N–H and O–H groups in total. The molecule has 0 fully saturated rings. The summed E-state index contributed by atoms with van der Waals surface area (Å²) in [5, 5.41) is 4.10. The number of Topliss-reactive ketones (excluding diaryl/α,β-unsaturated/α-hetero) is 1. The molecule has 0 aliphatic carbocycles. The van der Waals surface area contributed by atoms with Gasteiger partial charge in [0.2, 0.25) is 0 Å². The summed E-state index contributed by atoms with van der Waals surface area (Å²) in [6, 6.07) is 4.59. The third-order valence-corrected chi connectivity index (χ3v) is 2.56. The fourth-order valence-corrected chi connectivity index (χ4v) is 1.40. The van der Waals surface area contributed by atoms with Crippen molar-refractivity contribution in [2.24, 2.45) is 5.16 Å². The second-order valence-electron chi connectivity index (χ2n) is 3.56. The van der Waals surface area contributed by atoms with Gasteiger partial charge in [-0.3, -0.25) is 4.79 Å². The SMILES string of the molecule is CC(=O)/C(C)=N/OC(=O)COc1ccc(Cl)cc1Cl. The largest absolute Gasteiger partial charge is 0.480 e. The average molecular weight is 304 g/mol. The summed E-state index contributed by atoms with van der Waals surface area (Å²) >= 11 is 11.6. The molecule has 1 aromatic carbocycles. The summed E-state index contributed by atoms with van der Waals surface area (Å²) in [7, 11) is 0. The van der Waals surface area contributed by atoms with Gasteiger partial charge in [-0.05, 0) is 25.1 Å². The molecule has 5 nitrogen and oxygen atoms in total. The van der Waals surface area contributed by atoms with Crippen LogP contribution in [0.15, 0.2) is 23.4 Å². The standard InChI is InChI=1S/C12H11Cl2NO4/c1-7(8(2)16)15-19-12(17)6-18-11-4-3-9(13)5-10(11)14/h3-5H,6H2,1-2H3/b15-7+. The van der Waals surface area contributed by atoms with Crippen LogP contribution in [0.4, 0.5) is 0 Å². The topological polar surface area (TPSA) is 65.0 Å². The maximum atomic E-state index is 11.3.